The molecular weight excluding hydrogens is 326 g/mol. The fourth-order valence-electron chi connectivity index (χ4n) is 1.88. The van der Waals surface area contributed by atoms with Crippen LogP contribution in [-0.4, -0.2) is 33.7 Å². The van der Waals surface area contributed by atoms with E-state index in [0.717, 1.165) is 29.2 Å². The van der Waals surface area contributed by atoms with Crippen molar-refractivity contribution in [2.24, 2.45) is 5.73 Å². The molecule has 9 heteroatoms. The summed E-state index contributed by atoms with van der Waals surface area (Å²) in [5, 5.41) is 12.6. The third-order valence-electron chi connectivity index (χ3n) is 2.66. The molecule has 2 aromatic rings. The lowest BCUT2D eigenvalue weighted by Gasteiger charge is -2.07. The number of hydrogen-bond acceptors (Lipinski definition) is 6. The number of nitrogens with two attached hydrogens (primary N) is 1. The van der Waals surface area contributed by atoms with Gasteiger partial charge in [-0.1, -0.05) is 0 Å². The SMILES string of the molecule is CC(C)NC(=O)CSc1sc2c(O)cc(=O)[nH]c2c1C(N)=O. The van der Waals surface area contributed by atoms with Gasteiger partial charge in [0.25, 0.3) is 11.5 Å². The van der Waals surface area contributed by atoms with Crippen LogP contribution in [0.1, 0.15) is 24.2 Å². The summed E-state index contributed by atoms with van der Waals surface area (Å²) in [5.74, 6) is -1.01. The zero-order valence-corrected chi connectivity index (χ0v) is 13.6. The number of amides is 2. The number of fused-ring (bicyclic) bond motifs is 1. The molecule has 0 aliphatic rings. The van der Waals surface area contributed by atoms with Crippen LogP contribution in [0, 0.1) is 0 Å². The molecule has 0 radical (unpaired) electrons. The molecule has 0 unspecified atom stereocenters. The van der Waals surface area contributed by atoms with Gasteiger partial charge in [0.15, 0.2) is 0 Å². The number of H-pyrrole nitrogens is 1. The van der Waals surface area contributed by atoms with Crippen LogP contribution in [0.25, 0.3) is 10.2 Å². The lowest BCUT2D eigenvalue weighted by molar-refractivity contribution is -0.119. The van der Waals surface area contributed by atoms with Crippen molar-refractivity contribution in [3.63, 3.8) is 0 Å². The summed E-state index contributed by atoms with van der Waals surface area (Å²) in [4.78, 5) is 37.3. The Kier molecular flexibility index (Phi) is 4.77. The highest BCUT2D eigenvalue weighted by Crippen LogP contribution is 2.39. The fraction of sp³-hybridized carbons (Fsp3) is 0.308. The number of carbonyl (C=O) groups is 2. The third kappa shape index (κ3) is 3.42. The molecule has 118 valence electrons. The highest BCUT2D eigenvalue weighted by molar-refractivity contribution is 8.02. The number of aromatic nitrogens is 1. The number of primary amides is 1. The van der Waals surface area contributed by atoms with Gasteiger partial charge in [0.05, 0.1) is 25.7 Å². The Morgan fingerprint density at radius 1 is 1.50 bits per heavy atom. The number of aromatic hydroxyl groups is 1. The topological polar surface area (TPSA) is 125 Å². The van der Waals surface area contributed by atoms with Gasteiger partial charge >= 0.3 is 0 Å². The molecule has 0 atom stereocenters. The summed E-state index contributed by atoms with van der Waals surface area (Å²) >= 11 is 2.25. The van der Waals surface area contributed by atoms with E-state index in [9.17, 15) is 19.5 Å². The first kappa shape index (κ1) is 16.4. The molecule has 2 rings (SSSR count). The van der Waals surface area contributed by atoms with Crippen LogP contribution in [0.5, 0.6) is 5.75 Å². The first-order chi connectivity index (χ1) is 10.3. The number of thioether (sulfide) groups is 1. The van der Waals surface area contributed by atoms with E-state index in [1.807, 2.05) is 13.8 Å². The van der Waals surface area contributed by atoms with Crippen LogP contribution < -0.4 is 16.6 Å². The minimum absolute atomic E-state index is 0.0199. The van der Waals surface area contributed by atoms with Crippen LogP contribution >= 0.6 is 23.1 Å². The van der Waals surface area contributed by atoms with Gasteiger partial charge in [0.1, 0.15) is 5.75 Å². The summed E-state index contributed by atoms with van der Waals surface area (Å²) < 4.78 is 0.846. The summed E-state index contributed by atoms with van der Waals surface area (Å²) in [5.41, 5.74) is 5.16. The maximum Gasteiger partial charge on any atom is 0.252 e. The Bertz CT molecular complexity index is 794. The Labute approximate surface area is 133 Å². The van der Waals surface area contributed by atoms with Crippen molar-refractivity contribution >= 4 is 45.1 Å². The van der Waals surface area contributed by atoms with Gasteiger partial charge < -0.3 is 21.1 Å². The first-order valence-corrected chi connectivity index (χ1v) is 8.20. The molecule has 2 aromatic heterocycles. The van der Waals surface area contributed by atoms with E-state index >= 15 is 0 Å². The Balaban J connectivity index is 2.39. The van der Waals surface area contributed by atoms with Gasteiger partial charge in [-0.25, -0.2) is 0 Å². The first-order valence-electron chi connectivity index (χ1n) is 6.40. The van der Waals surface area contributed by atoms with Gasteiger partial charge in [-0.15, -0.1) is 23.1 Å². The summed E-state index contributed by atoms with van der Waals surface area (Å²) in [6.45, 7) is 3.69. The van der Waals surface area contributed by atoms with E-state index in [-0.39, 0.29) is 34.5 Å². The largest absolute Gasteiger partial charge is 0.506 e. The summed E-state index contributed by atoms with van der Waals surface area (Å²) in [6.07, 6.45) is 0. The maximum atomic E-state index is 11.7. The highest BCUT2D eigenvalue weighted by atomic mass is 32.2. The molecule has 2 amide bonds. The molecule has 0 fully saturated rings. The van der Waals surface area contributed by atoms with E-state index in [0.29, 0.717) is 8.91 Å². The van der Waals surface area contributed by atoms with Crippen molar-refractivity contribution in [1.82, 2.24) is 10.3 Å². The monoisotopic (exact) mass is 341 g/mol. The molecule has 0 aliphatic heterocycles. The van der Waals surface area contributed by atoms with Crippen LogP contribution in [0.4, 0.5) is 0 Å². The highest BCUT2D eigenvalue weighted by Gasteiger charge is 2.21. The number of pyridine rings is 1. The Morgan fingerprint density at radius 2 is 2.18 bits per heavy atom. The summed E-state index contributed by atoms with van der Waals surface area (Å²) in [6, 6.07) is 1.05. The predicted molar refractivity (Wildman–Crippen MR) is 86.6 cm³/mol. The van der Waals surface area contributed by atoms with Crippen molar-refractivity contribution in [2.45, 2.75) is 24.1 Å². The van der Waals surface area contributed by atoms with Gasteiger partial charge in [-0.2, -0.15) is 0 Å². The van der Waals surface area contributed by atoms with E-state index in [2.05, 4.69) is 10.3 Å². The number of rotatable bonds is 5. The van der Waals surface area contributed by atoms with Gasteiger partial charge in [0, 0.05) is 12.1 Å². The minimum Gasteiger partial charge on any atom is -0.506 e. The van der Waals surface area contributed by atoms with Crippen molar-refractivity contribution in [3.8, 4) is 5.75 Å². The standard InChI is InChI=1S/C13H15N3O4S2/c1-5(2)15-8(19)4-21-13-9(12(14)20)10-11(22-13)6(17)3-7(18)16-10/h3,5H,4H2,1-2H3,(H2,14,20)(H,15,19)(H2,16,17,18). The van der Waals surface area contributed by atoms with E-state index in [1.54, 1.807) is 0 Å². The van der Waals surface area contributed by atoms with Crippen LogP contribution in [0.15, 0.2) is 15.1 Å². The molecule has 2 heterocycles. The zero-order valence-electron chi connectivity index (χ0n) is 11.9. The third-order valence-corrected chi connectivity index (χ3v) is 5.14. The van der Waals surface area contributed by atoms with Crippen molar-refractivity contribution in [2.75, 3.05) is 5.75 Å². The Hall–Kier alpha value is -2.00. The number of aromatic amines is 1. The van der Waals surface area contributed by atoms with Gasteiger partial charge in [-0.3, -0.25) is 14.4 Å². The lowest BCUT2D eigenvalue weighted by Crippen LogP contribution is -2.31. The number of nitrogens with one attached hydrogen (secondary N) is 2. The second kappa shape index (κ2) is 6.41. The maximum absolute atomic E-state index is 11.7. The summed E-state index contributed by atoms with van der Waals surface area (Å²) in [7, 11) is 0. The smallest absolute Gasteiger partial charge is 0.252 e. The van der Waals surface area contributed by atoms with Crippen molar-refractivity contribution < 1.29 is 14.7 Å². The van der Waals surface area contributed by atoms with Crippen LogP contribution in [-0.2, 0) is 4.79 Å². The molecule has 0 saturated carbocycles. The molecule has 0 bridgehead atoms. The van der Waals surface area contributed by atoms with Crippen LogP contribution in [0.3, 0.4) is 0 Å². The molecular formula is C13H15N3O4S2. The van der Waals surface area contributed by atoms with Crippen LogP contribution in [0.2, 0.25) is 0 Å². The second-order valence-corrected chi connectivity index (χ2v) is 7.13. The van der Waals surface area contributed by atoms with Crippen molar-refractivity contribution in [1.29, 1.82) is 0 Å². The molecule has 22 heavy (non-hydrogen) atoms. The molecule has 7 nitrogen and oxygen atoms in total. The number of thiophene rings is 1. The quantitative estimate of drug-likeness (QED) is 0.604. The normalized spacial score (nSPS) is 11.0. The van der Waals surface area contributed by atoms with Gasteiger partial charge in [-0.05, 0) is 13.8 Å². The van der Waals surface area contributed by atoms with Gasteiger partial charge in [0.2, 0.25) is 5.91 Å². The van der Waals surface area contributed by atoms with E-state index in [4.69, 9.17) is 5.73 Å². The molecule has 0 aliphatic carbocycles. The average Bonchev–Trinajstić information content (AvgIpc) is 2.74. The Morgan fingerprint density at radius 3 is 2.77 bits per heavy atom. The molecule has 0 spiro atoms. The lowest BCUT2D eigenvalue weighted by atomic mass is 10.2. The predicted octanol–water partition coefficient (Wildman–Crippen LogP) is 1.01. The van der Waals surface area contributed by atoms with E-state index in [1.165, 1.54) is 0 Å². The molecule has 0 aromatic carbocycles. The zero-order chi connectivity index (χ0) is 16.4. The minimum atomic E-state index is -0.723. The number of hydrogen-bond donors (Lipinski definition) is 4. The van der Waals surface area contributed by atoms with Crippen molar-refractivity contribution in [3.05, 3.63) is 22.0 Å². The second-order valence-electron chi connectivity index (χ2n) is 4.86. The van der Waals surface area contributed by atoms with E-state index < -0.39 is 11.5 Å². The number of carbonyl (C=O) groups excluding carboxylic acids is 2. The molecule has 0 saturated heterocycles. The fourth-order valence-corrected chi connectivity index (χ4v) is 4.14. The molecule has 5 N–H and O–H groups in total. The average molecular weight is 341 g/mol.